The molecule has 4 heterocycles. The average molecular weight is 910 g/mol. The number of aliphatic hydroxyl groups is 1. The fourth-order valence-corrected chi connectivity index (χ4v) is 8.31. The van der Waals surface area contributed by atoms with E-state index in [9.17, 15) is 38.7 Å². The van der Waals surface area contributed by atoms with Crippen molar-refractivity contribution in [2.24, 2.45) is 5.73 Å². The number of aromatic nitrogens is 2. The number of hydrogen-bond donors (Lipinski definition) is 6. The minimum Gasteiger partial charge on any atom is -0.458 e. The van der Waals surface area contributed by atoms with Crippen LogP contribution in [-0.4, -0.2) is 122 Å². The van der Waals surface area contributed by atoms with Gasteiger partial charge < -0.3 is 60.4 Å². The SMILES string of the molecule is CC[C@@]1(O)C(=O)OCc2c1cc1n(c2=O)Cc2c-1nc1cc(F)c(C)c3c1c2[C@@H](NC(=O)[C@H](CC(N)=O)NC(=O)[C@H](C)NC(=O)[C@H](C)NC(=O)CCOCCOCCOCCOC)CC3. The average Bonchev–Trinajstić information content (AvgIpc) is 3.64. The molecule has 2 aliphatic heterocycles. The van der Waals surface area contributed by atoms with Crippen LogP contribution in [0.1, 0.15) is 85.9 Å². The Bertz CT molecular complexity index is 2430. The van der Waals surface area contributed by atoms with Crippen LogP contribution in [-0.2, 0) is 77.6 Å². The highest BCUT2D eigenvalue weighted by Crippen LogP contribution is 2.46. The molecule has 7 N–H and O–H groups in total. The Balaban J connectivity index is 1.12. The number of carbonyl (C=O) groups excluding carboxylic acids is 6. The van der Waals surface area contributed by atoms with Crippen molar-refractivity contribution < 1.29 is 61.9 Å². The lowest BCUT2D eigenvalue weighted by Gasteiger charge is -2.31. The summed E-state index contributed by atoms with van der Waals surface area (Å²) < 4.78 is 43.0. The number of nitrogens with zero attached hydrogens (tertiary/aromatic N) is 2. The number of amides is 5. The number of hydrogen-bond acceptors (Lipinski definition) is 14. The third kappa shape index (κ3) is 10.5. The number of ether oxygens (including phenoxy) is 5. The first kappa shape index (κ1) is 48.6. The summed E-state index contributed by atoms with van der Waals surface area (Å²) >= 11 is 0. The van der Waals surface area contributed by atoms with Crippen LogP contribution >= 0.6 is 0 Å². The zero-order chi connectivity index (χ0) is 47.2. The topological polar surface area (TPSA) is 278 Å². The van der Waals surface area contributed by atoms with E-state index in [-0.39, 0.29) is 68.0 Å². The molecule has 5 atom stereocenters. The van der Waals surface area contributed by atoms with Crippen LogP contribution in [0.4, 0.5) is 4.39 Å². The summed E-state index contributed by atoms with van der Waals surface area (Å²) in [6, 6.07) is -1.75. The van der Waals surface area contributed by atoms with Crippen LogP contribution in [0.5, 0.6) is 0 Å². The Morgan fingerprint density at radius 3 is 2.25 bits per heavy atom. The predicted molar refractivity (Wildman–Crippen MR) is 228 cm³/mol. The Morgan fingerprint density at radius 2 is 1.58 bits per heavy atom. The zero-order valence-corrected chi connectivity index (χ0v) is 37.1. The van der Waals surface area contributed by atoms with Crippen molar-refractivity contribution in [3.05, 3.63) is 61.7 Å². The molecule has 21 heteroatoms. The number of esters is 1. The molecule has 0 unspecified atom stereocenters. The number of nitrogens with one attached hydrogen (secondary N) is 4. The van der Waals surface area contributed by atoms with E-state index in [2.05, 4.69) is 21.3 Å². The molecular formula is C44H56FN7O13. The van der Waals surface area contributed by atoms with E-state index in [0.29, 0.717) is 72.8 Å². The molecule has 0 radical (unpaired) electrons. The van der Waals surface area contributed by atoms with Gasteiger partial charge in [0.1, 0.15) is 30.5 Å². The van der Waals surface area contributed by atoms with Gasteiger partial charge >= 0.3 is 5.97 Å². The van der Waals surface area contributed by atoms with Gasteiger partial charge in [-0.2, -0.15) is 0 Å². The van der Waals surface area contributed by atoms with Gasteiger partial charge in [0.25, 0.3) is 5.56 Å². The maximum atomic E-state index is 15.4. The second-order valence-electron chi connectivity index (χ2n) is 16.2. The van der Waals surface area contributed by atoms with E-state index in [4.69, 9.17) is 34.4 Å². The number of fused-ring (bicyclic) bond motifs is 5. The Morgan fingerprint density at radius 1 is 0.938 bits per heavy atom. The van der Waals surface area contributed by atoms with Gasteiger partial charge in [-0.15, -0.1) is 0 Å². The quantitative estimate of drug-likeness (QED) is 0.0451. The van der Waals surface area contributed by atoms with Crippen LogP contribution in [0, 0.1) is 12.7 Å². The van der Waals surface area contributed by atoms with Gasteiger partial charge in [0.15, 0.2) is 5.60 Å². The summed E-state index contributed by atoms with van der Waals surface area (Å²) in [5.74, 6) is -5.06. The third-order valence-electron chi connectivity index (χ3n) is 11.9. The summed E-state index contributed by atoms with van der Waals surface area (Å²) in [5, 5.41) is 22.4. The number of pyridine rings is 2. The molecule has 0 fully saturated rings. The van der Waals surface area contributed by atoms with Gasteiger partial charge in [-0.3, -0.25) is 28.8 Å². The first-order valence-corrected chi connectivity index (χ1v) is 21.5. The van der Waals surface area contributed by atoms with Gasteiger partial charge in [-0.1, -0.05) is 6.92 Å². The van der Waals surface area contributed by atoms with Crippen molar-refractivity contribution >= 4 is 46.4 Å². The molecule has 0 bridgehead atoms. The molecule has 6 rings (SSSR count). The Kier molecular flexibility index (Phi) is 15.7. The number of benzene rings is 1. The van der Waals surface area contributed by atoms with Gasteiger partial charge in [-0.25, -0.2) is 14.2 Å². The normalized spacial score (nSPS) is 18.4. The van der Waals surface area contributed by atoms with Crippen LogP contribution in [0.25, 0.3) is 22.3 Å². The lowest BCUT2D eigenvalue weighted by molar-refractivity contribution is -0.172. The number of nitrogens with two attached hydrogens (primary N) is 1. The molecule has 0 spiro atoms. The molecule has 5 amide bonds. The van der Waals surface area contributed by atoms with Crippen molar-refractivity contribution in [1.29, 1.82) is 0 Å². The van der Waals surface area contributed by atoms with Crippen LogP contribution in [0.2, 0.25) is 0 Å². The zero-order valence-electron chi connectivity index (χ0n) is 37.1. The minimum absolute atomic E-state index is 0.0103. The van der Waals surface area contributed by atoms with Gasteiger partial charge in [-0.05, 0) is 62.8 Å². The highest BCUT2D eigenvalue weighted by molar-refractivity contribution is 5.97. The summed E-state index contributed by atoms with van der Waals surface area (Å²) in [5.41, 5.74) is 6.14. The lowest BCUT2D eigenvalue weighted by Crippen LogP contribution is -2.56. The van der Waals surface area contributed by atoms with Gasteiger partial charge in [0, 0.05) is 36.1 Å². The number of carbonyl (C=O) groups is 6. The number of rotatable bonds is 22. The molecular weight excluding hydrogens is 854 g/mol. The van der Waals surface area contributed by atoms with E-state index in [1.54, 1.807) is 21.0 Å². The van der Waals surface area contributed by atoms with Crippen molar-refractivity contribution in [3.63, 3.8) is 0 Å². The van der Waals surface area contributed by atoms with E-state index < -0.39 is 83.1 Å². The molecule has 65 heavy (non-hydrogen) atoms. The smallest absolute Gasteiger partial charge is 0.343 e. The molecule has 0 saturated heterocycles. The fraction of sp³-hybridized carbons (Fsp3) is 0.545. The fourth-order valence-electron chi connectivity index (χ4n) is 8.31. The molecule has 2 aromatic heterocycles. The number of halogens is 1. The van der Waals surface area contributed by atoms with Crippen molar-refractivity contribution in [1.82, 2.24) is 30.8 Å². The molecule has 3 aromatic rings. The van der Waals surface area contributed by atoms with Crippen molar-refractivity contribution in [2.45, 2.75) is 103 Å². The number of methoxy groups -OCH3 is 1. The number of primary amides is 1. The van der Waals surface area contributed by atoms with Crippen molar-refractivity contribution in [2.75, 3.05) is 53.4 Å². The van der Waals surface area contributed by atoms with Crippen LogP contribution < -0.4 is 32.6 Å². The third-order valence-corrected chi connectivity index (χ3v) is 11.9. The summed E-state index contributed by atoms with van der Waals surface area (Å²) in [4.78, 5) is 96.8. The Hall–Kier alpha value is -5.87. The van der Waals surface area contributed by atoms with Gasteiger partial charge in [0.2, 0.25) is 29.5 Å². The van der Waals surface area contributed by atoms with E-state index in [1.807, 2.05) is 0 Å². The molecule has 20 nitrogen and oxygen atoms in total. The number of aryl methyl sites for hydroxylation is 1. The predicted octanol–water partition coefficient (Wildman–Crippen LogP) is 0.0865. The minimum atomic E-state index is -2.08. The van der Waals surface area contributed by atoms with E-state index >= 15 is 4.39 Å². The molecule has 3 aliphatic rings. The second-order valence-corrected chi connectivity index (χ2v) is 16.2. The highest BCUT2D eigenvalue weighted by atomic mass is 19.1. The lowest BCUT2D eigenvalue weighted by atomic mass is 9.81. The standard InChI is InChI=1S/C44H56FN7O13/c1-6-44(60)28-17-33-38-26(20-52(33)42(58)27(28)21-65-43(44)59)37-30(8-7-25-22(2)29(45)18-31(49-38)36(25)37)50-41(57)32(19-34(46)53)51-40(56)24(4)48-39(55)23(3)47-35(54)9-10-62-13-14-64-16-15-63-12-11-61-5/h17-18,23-24,30,32,60H,6-16,19-21H2,1-5H3,(H2,46,53)(H,47,54)(H,48,55)(H,50,57)(H,51,56)/t23-,24-,30-,32-,44-/m0/s1. The first-order valence-electron chi connectivity index (χ1n) is 21.5. The monoisotopic (exact) mass is 909 g/mol. The molecule has 1 aliphatic carbocycles. The van der Waals surface area contributed by atoms with Crippen LogP contribution in [0.3, 0.4) is 0 Å². The Labute approximate surface area is 373 Å². The van der Waals surface area contributed by atoms with Crippen molar-refractivity contribution in [3.8, 4) is 11.4 Å². The highest BCUT2D eigenvalue weighted by Gasteiger charge is 2.46. The maximum absolute atomic E-state index is 15.4. The maximum Gasteiger partial charge on any atom is 0.343 e. The summed E-state index contributed by atoms with van der Waals surface area (Å²) in [6.07, 6.45) is -0.132. The van der Waals surface area contributed by atoms with Gasteiger partial charge in [0.05, 0.1) is 87.7 Å². The second kappa shape index (κ2) is 21.0. The first-order chi connectivity index (χ1) is 31.0. The summed E-state index contributed by atoms with van der Waals surface area (Å²) in [6.45, 7) is 8.05. The molecule has 1 aromatic carbocycles. The molecule has 0 saturated carbocycles. The number of cyclic esters (lactones) is 1. The largest absolute Gasteiger partial charge is 0.458 e. The van der Waals surface area contributed by atoms with Crippen LogP contribution in [0.15, 0.2) is 16.9 Å². The summed E-state index contributed by atoms with van der Waals surface area (Å²) in [7, 11) is 1.58. The van der Waals surface area contributed by atoms with E-state index in [1.165, 1.54) is 30.5 Å². The van der Waals surface area contributed by atoms with E-state index in [0.717, 1.165) is 0 Å². The molecule has 352 valence electrons.